The number of rotatable bonds is 5. The van der Waals surface area contributed by atoms with Gasteiger partial charge < -0.3 is 16.0 Å². The van der Waals surface area contributed by atoms with Crippen molar-refractivity contribution < 1.29 is 14.4 Å². The van der Waals surface area contributed by atoms with Gasteiger partial charge in [0, 0.05) is 20.1 Å². The lowest BCUT2D eigenvalue weighted by molar-refractivity contribution is -0.126. The van der Waals surface area contributed by atoms with E-state index >= 15 is 0 Å². The van der Waals surface area contributed by atoms with Gasteiger partial charge in [-0.15, -0.1) is 0 Å². The first-order valence-electron chi connectivity index (χ1n) is 8.79. The SMILES string of the molecule is CNC(=O)NC(=O)C(C)N1CCCC(CNC(=O)C2CCCN2)C1. The van der Waals surface area contributed by atoms with Crippen LogP contribution in [0.25, 0.3) is 0 Å². The maximum Gasteiger partial charge on any atom is 0.321 e. The summed E-state index contributed by atoms with van der Waals surface area (Å²) in [5.74, 6) is 0.114. The molecule has 2 heterocycles. The summed E-state index contributed by atoms with van der Waals surface area (Å²) in [5, 5.41) is 10.9. The molecule has 3 atom stereocenters. The summed E-state index contributed by atoms with van der Waals surface area (Å²) in [6.07, 6.45) is 3.98. The number of likely N-dealkylation sites (tertiary alicyclic amines) is 1. The van der Waals surface area contributed by atoms with Gasteiger partial charge in [-0.05, 0) is 51.6 Å². The fourth-order valence-electron chi connectivity index (χ4n) is 3.34. The summed E-state index contributed by atoms with van der Waals surface area (Å²) in [6, 6.07) is -0.906. The van der Waals surface area contributed by atoms with Crippen LogP contribution < -0.4 is 21.3 Å². The normalized spacial score (nSPS) is 25.8. The summed E-state index contributed by atoms with van der Waals surface area (Å²) in [4.78, 5) is 37.5. The largest absolute Gasteiger partial charge is 0.354 e. The zero-order valence-electron chi connectivity index (χ0n) is 14.6. The standard InChI is InChI=1S/C16H29N5O3/c1-11(14(22)20-16(24)17-2)21-8-4-5-12(10-21)9-19-15(23)13-6-3-7-18-13/h11-13,18H,3-10H2,1-2H3,(H,19,23)(H2,17,20,22,24). The number of hydrogen-bond donors (Lipinski definition) is 4. The maximum absolute atomic E-state index is 12.1. The van der Waals surface area contributed by atoms with Crippen molar-refractivity contribution in [2.24, 2.45) is 5.92 Å². The molecular formula is C16H29N5O3. The third-order valence-corrected chi connectivity index (χ3v) is 4.88. The Kier molecular flexibility index (Phi) is 6.99. The molecule has 2 aliphatic heterocycles. The lowest BCUT2D eigenvalue weighted by atomic mass is 9.96. The van der Waals surface area contributed by atoms with Gasteiger partial charge in [-0.2, -0.15) is 0 Å². The van der Waals surface area contributed by atoms with E-state index in [-0.39, 0.29) is 23.9 Å². The van der Waals surface area contributed by atoms with Crippen LogP contribution in [-0.2, 0) is 9.59 Å². The summed E-state index contributed by atoms with van der Waals surface area (Å²) < 4.78 is 0. The van der Waals surface area contributed by atoms with Gasteiger partial charge in [-0.1, -0.05) is 0 Å². The van der Waals surface area contributed by atoms with Crippen LogP contribution in [0.5, 0.6) is 0 Å². The minimum atomic E-state index is -0.489. The molecule has 2 aliphatic rings. The molecule has 24 heavy (non-hydrogen) atoms. The van der Waals surface area contributed by atoms with Gasteiger partial charge in [0.05, 0.1) is 12.1 Å². The molecule has 0 spiro atoms. The number of imide groups is 1. The predicted molar refractivity (Wildman–Crippen MR) is 90.4 cm³/mol. The molecule has 8 nitrogen and oxygen atoms in total. The van der Waals surface area contributed by atoms with Gasteiger partial charge in [0.2, 0.25) is 11.8 Å². The molecule has 2 rings (SSSR count). The Morgan fingerprint density at radius 1 is 1.25 bits per heavy atom. The topological polar surface area (TPSA) is 103 Å². The van der Waals surface area contributed by atoms with E-state index in [1.807, 2.05) is 6.92 Å². The number of carbonyl (C=O) groups excluding carboxylic acids is 3. The third kappa shape index (κ3) is 5.17. The van der Waals surface area contributed by atoms with Gasteiger partial charge >= 0.3 is 6.03 Å². The first-order chi connectivity index (χ1) is 11.5. The molecule has 0 aromatic carbocycles. The van der Waals surface area contributed by atoms with Gasteiger partial charge in [0.1, 0.15) is 0 Å². The number of nitrogens with one attached hydrogen (secondary N) is 4. The smallest absolute Gasteiger partial charge is 0.321 e. The summed E-state index contributed by atoms with van der Waals surface area (Å²) >= 11 is 0. The zero-order valence-corrected chi connectivity index (χ0v) is 14.6. The van der Waals surface area contributed by atoms with Gasteiger partial charge in [0.25, 0.3) is 0 Å². The Balaban J connectivity index is 1.77. The molecular weight excluding hydrogens is 310 g/mol. The molecule has 4 amide bonds. The van der Waals surface area contributed by atoms with Gasteiger partial charge in [0.15, 0.2) is 0 Å². The minimum absolute atomic E-state index is 0.0537. The number of carbonyl (C=O) groups is 3. The summed E-state index contributed by atoms with van der Waals surface area (Å²) in [6.45, 7) is 4.93. The lowest BCUT2D eigenvalue weighted by Crippen LogP contribution is -2.53. The van der Waals surface area contributed by atoms with E-state index in [0.717, 1.165) is 45.3 Å². The van der Waals surface area contributed by atoms with Crippen molar-refractivity contribution in [3.63, 3.8) is 0 Å². The molecule has 0 aliphatic carbocycles. The number of hydrogen-bond acceptors (Lipinski definition) is 5. The van der Waals surface area contributed by atoms with Crippen molar-refractivity contribution in [1.29, 1.82) is 0 Å². The predicted octanol–water partition coefficient (Wildman–Crippen LogP) is -0.589. The Labute approximate surface area is 143 Å². The highest BCUT2D eigenvalue weighted by atomic mass is 16.2. The average Bonchev–Trinajstić information content (AvgIpc) is 3.13. The fraction of sp³-hybridized carbons (Fsp3) is 0.812. The number of nitrogens with zero attached hydrogens (tertiary/aromatic N) is 1. The number of piperidine rings is 1. The van der Waals surface area contributed by atoms with Crippen LogP contribution in [0.2, 0.25) is 0 Å². The molecule has 0 bridgehead atoms. The monoisotopic (exact) mass is 339 g/mol. The lowest BCUT2D eigenvalue weighted by Gasteiger charge is -2.36. The Hall–Kier alpha value is -1.67. The molecule has 136 valence electrons. The van der Waals surface area contributed by atoms with Crippen LogP contribution >= 0.6 is 0 Å². The molecule has 4 N–H and O–H groups in total. The molecule has 3 unspecified atom stereocenters. The first kappa shape index (κ1) is 18.7. The van der Waals surface area contributed by atoms with Crippen molar-refractivity contribution in [3.05, 3.63) is 0 Å². The molecule has 0 saturated carbocycles. The molecule has 0 aromatic rings. The highest BCUT2D eigenvalue weighted by molar-refractivity contribution is 5.96. The average molecular weight is 339 g/mol. The van der Waals surface area contributed by atoms with Crippen molar-refractivity contribution in [1.82, 2.24) is 26.2 Å². The van der Waals surface area contributed by atoms with Crippen LogP contribution in [0, 0.1) is 5.92 Å². The van der Waals surface area contributed by atoms with Crippen LogP contribution in [0.1, 0.15) is 32.6 Å². The molecule has 0 radical (unpaired) electrons. The van der Waals surface area contributed by atoms with E-state index in [4.69, 9.17) is 0 Å². The highest BCUT2D eigenvalue weighted by Gasteiger charge is 2.29. The minimum Gasteiger partial charge on any atom is -0.354 e. The van der Waals surface area contributed by atoms with Crippen LogP contribution in [0.3, 0.4) is 0 Å². The van der Waals surface area contributed by atoms with Gasteiger partial charge in [-0.3, -0.25) is 19.8 Å². The molecule has 2 fully saturated rings. The second-order valence-corrected chi connectivity index (χ2v) is 6.64. The van der Waals surface area contributed by atoms with Gasteiger partial charge in [-0.25, -0.2) is 4.79 Å². The van der Waals surface area contributed by atoms with E-state index in [0.29, 0.717) is 12.5 Å². The second kappa shape index (κ2) is 8.98. The Morgan fingerprint density at radius 3 is 2.71 bits per heavy atom. The van der Waals surface area contributed by atoms with E-state index in [9.17, 15) is 14.4 Å². The van der Waals surface area contributed by atoms with Crippen LogP contribution in [0.15, 0.2) is 0 Å². The van der Waals surface area contributed by atoms with E-state index < -0.39 is 6.03 Å². The molecule has 8 heteroatoms. The Morgan fingerprint density at radius 2 is 2.04 bits per heavy atom. The van der Waals surface area contributed by atoms with Crippen LogP contribution in [0.4, 0.5) is 4.79 Å². The maximum atomic E-state index is 12.1. The highest BCUT2D eigenvalue weighted by Crippen LogP contribution is 2.18. The fourth-order valence-corrected chi connectivity index (χ4v) is 3.34. The molecule has 2 saturated heterocycles. The van der Waals surface area contributed by atoms with E-state index in [1.165, 1.54) is 7.05 Å². The molecule has 0 aromatic heterocycles. The van der Waals surface area contributed by atoms with Crippen LogP contribution in [-0.4, -0.2) is 68.1 Å². The van der Waals surface area contributed by atoms with Crippen molar-refractivity contribution in [3.8, 4) is 0 Å². The summed E-state index contributed by atoms with van der Waals surface area (Å²) in [5.41, 5.74) is 0. The zero-order chi connectivity index (χ0) is 17.5. The summed E-state index contributed by atoms with van der Waals surface area (Å²) in [7, 11) is 1.48. The number of amides is 4. The second-order valence-electron chi connectivity index (χ2n) is 6.64. The quantitative estimate of drug-likeness (QED) is 0.536. The Bertz CT molecular complexity index is 465. The number of urea groups is 1. The van der Waals surface area contributed by atoms with Crippen molar-refractivity contribution in [2.75, 3.05) is 33.2 Å². The van der Waals surface area contributed by atoms with Crippen molar-refractivity contribution in [2.45, 2.75) is 44.7 Å². The van der Waals surface area contributed by atoms with Crippen molar-refractivity contribution >= 4 is 17.8 Å². The van der Waals surface area contributed by atoms with E-state index in [1.54, 1.807) is 0 Å². The van der Waals surface area contributed by atoms with E-state index in [2.05, 4.69) is 26.2 Å². The first-order valence-corrected chi connectivity index (χ1v) is 8.79. The third-order valence-electron chi connectivity index (χ3n) is 4.88.